The lowest BCUT2D eigenvalue weighted by molar-refractivity contribution is 0.0626. The van der Waals surface area contributed by atoms with Crippen LogP contribution in [-0.2, 0) is 6.54 Å². The third-order valence-corrected chi connectivity index (χ3v) is 5.16. The number of nitrogens with one attached hydrogen (secondary N) is 1. The summed E-state index contributed by atoms with van der Waals surface area (Å²) in [5.74, 6) is -0.477. The maximum Gasteiger partial charge on any atom is 0.261 e. The standard InChI is InChI=1S/C21H25N3O3/c1-14-6-4-5-7-17(14)13-23-8-10-24(11-9-23)21(27)19-12-18(16(3)25)15(2)22-20(19)26/h4-7,12H,8-11,13H2,1-3H3,(H,22,26). The first-order chi connectivity index (χ1) is 12.9. The average Bonchev–Trinajstić information content (AvgIpc) is 2.63. The largest absolute Gasteiger partial charge is 0.336 e. The summed E-state index contributed by atoms with van der Waals surface area (Å²) in [4.78, 5) is 43.4. The topological polar surface area (TPSA) is 73.5 Å². The molecule has 1 aliphatic rings. The zero-order valence-electron chi connectivity index (χ0n) is 16.0. The normalized spacial score (nSPS) is 15.0. The van der Waals surface area contributed by atoms with Gasteiger partial charge in [0, 0.05) is 44.0 Å². The summed E-state index contributed by atoms with van der Waals surface area (Å²) >= 11 is 0. The smallest absolute Gasteiger partial charge is 0.261 e. The Kier molecular flexibility index (Phi) is 5.56. The van der Waals surface area contributed by atoms with Crippen molar-refractivity contribution in [3.8, 4) is 0 Å². The fraction of sp³-hybridized carbons (Fsp3) is 0.381. The van der Waals surface area contributed by atoms with E-state index in [0.717, 1.165) is 19.6 Å². The summed E-state index contributed by atoms with van der Waals surface area (Å²) < 4.78 is 0. The first kappa shape index (κ1) is 19.0. The molecule has 1 aromatic carbocycles. The molecule has 1 amide bonds. The second-order valence-corrected chi connectivity index (χ2v) is 7.10. The molecule has 142 valence electrons. The number of nitrogens with zero attached hydrogens (tertiary/aromatic N) is 2. The number of carbonyl (C=O) groups excluding carboxylic acids is 2. The van der Waals surface area contributed by atoms with Crippen molar-refractivity contribution in [2.75, 3.05) is 26.2 Å². The number of amides is 1. The molecule has 0 aliphatic carbocycles. The predicted molar refractivity (Wildman–Crippen MR) is 104 cm³/mol. The molecule has 0 bridgehead atoms. The number of aromatic amines is 1. The van der Waals surface area contributed by atoms with Crippen molar-refractivity contribution in [3.63, 3.8) is 0 Å². The number of rotatable bonds is 4. The van der Waals surface area contributed by atoms with E-state index in [-0.39, 0.29) is 17.3 Å². The van der Waals surface area contributed by atoms with Crippen LogP contribution < -0.4 is 5.56 Å². The molecule has 0 unspecified atom stereocenters. The lowest BCUT2D eigenvalue weighted by Gasteiger charge is -2.35. The summed E-state index contributed by atoms with van der Waals surface area (Å²) in [7, 11) is 0. The third-order valence-electron chi connectivity index (χ3n) is 5.16. The molecule has 3 rings (SSSR count). The van der Waals surface area contributed by atoms with Crippen LogP contribution in [0.25, 0.3) is 0 Å². The van der Waals surface area contributed by atoms with Gasteiger partial charge in [0.2, 0.25) is 0 Å². The number of hydrogen-bond donors (Lipinski definition) is 1. The number of hydrogen-bond acceptors (Lipinski definition) is 4. The number of pyridine rings is 1. The van der Waals surface area contributed by atoms with E-state index in [4.69, 9.17) is 0 Å². The van der Waals surface area contributed by atoms with Crippen LogP contribution in [-0.4, -0.2) is 52.7 Å². The Morgan fingerprint density at radius 1 is 1.04 bits per heavy atom. The minimum absolute atomic E-state index is 0.0400. The Hall–Kier alpha value is -2.73. The van der Waals surface area contributed by atoms with Crippen LogP contribution in [0.3, 0.4) is 0 Å². The molecule has 0 saturated carbocycles. The zero-order valence-corrected chi connectivity index (χ0v) is 16.0. The van der Waals surface area contributed by atoms with Gasteiger partial charge in [0.1, 0.15) is 5.56 Å². The Labute approximate surface area is 158 Å². The van der Waals surface area contributed by atoms with E-state index >= 15 is 0 Å². The maximum absolute atomic E-state index is 12.8. The number of piperazine rings is 1. The van der Waals surface area contributed by atoms with Crippen molar-refractivity contribution in [1.82, 2.24) is 14.8 Å². The molecule has 0 spiro atoms. The number of H-pyrrole nitrogens is 1. The molecule has 0 atom stereocenters. The van der Waals surface area contributed by atoms with E-state index in [0.29, 0.717) is 24.3 Å². The van der Waals surface area contributed by atoms with Gasteiger partial charge in [-0.25, -0.2) is 0 Å². The minimum atomic E-state index is -0.440. The second-order valence-electron chi connectivity index (χ2n) is 7.10. The van der Waals surface area contributed by atoms with Crippen LogP contribution in [0.1, 0.15) is 44.5 Å². The van der Waals surface area contributed by atoms with E-state index < -0.39 is 5.56 Å². The van der Waals surface area contributed by atoms with Gasteiger partial charge in [-0.2, -0.15) is 0 Å². The van der Waals surface area contributed by atoms with Crippen LogP contribution in [0.15, 0.2) is 35.1 Å². The van der Waals surface area contributed by atoms with Gasteiger partial charge in [0.15, 0.2) is 5.78 Å². The molecule has 6 heteroatoms. The molecule has 1 saturated heterocycles. The van der Waals surface area contributed by atoms with Crippen LogP contribution in [0.2, 0.25) is 0 Å². The summed E-state index contributed by atoms with van der Waals surface area (Å²) in [6, 6.07) is 9.73. The molecular weight excluding hydrogens is 342 g/mol. The minimum Gasteiger partial charge on any atom is -0.336 e. The number of Topliss-reactive ketones (excluding diaryl/α,β-unsaturated/α-hetero) is 1. The van der Waals surface area contributed by atoms with E-state index in [2.05, 4.69) is 28.9 Å². The number of aromatic nitrogens is 1. The molecule has 2 aromatic rings. The van der Waals surface area contributed by atoms with Crippen molar-refractivity contribution in [3.05, 3.63) is 68.6 Å². The van der Waals surface area contributed by atoms with Crippen molar-refractivity contribution >= 4 is 11.7 Å². The van der Waals surface area contributed by atoms with Gasteiger partial charge < -0.3 is 9.88 Å². The highest BCUT2D eigenvalue weighted by atomic mass is 16.2. The summed E-state index contributed by atoms with van der Waals surface area (Å²) in [5, 5.41) is 0. The fourth-order valence-electron chi connectivity index (χ4n) is 3.46. The molecule has 1 aromatic heterocycles. The molecule has 27 heavy (non-hydrogen) atoms. The summed E-state index contributed by atoms with van der Waals surface area (Å²) in [6.07, 6.45) is 0. The molecule has 6 nitrogen and oxygen atoms in total. The zero-order chi connectivity index (χ0) is 19.6. The van der Waals surface area contributed by atoms with Gasteiger partial charge in [-0.15, -0.1) is 0 Å². The highest BCUT2D eigenvalue weighted by Crippen LogP contribution is 2.14. The van der Waals surface area contributed by atoms with Gasteiger partial charge in [0.05, 0.1) is 0 Å². The summed E-state index contributed by atoms with van der Waals surface area (Å²) in [5.41, 5.74) is 3.03. The van der Waals surface area contributed by atoms with Crippen LogP contribution in [0, 0.1) is 13.8 Å². The van der Waals surface area contributed by atoms with Gasteiger partial charge in [-0.1, -0.05) is 24.3 Å². The second kappa shape index (κ2) is 7.88. The van der Waals surface area contributed by atoms with Gasteiger partial charge in [-0.05, 0) is 38.0 Å². The fourth-order valence-corrected chi connectivity index (χ4v) is 3.46. The van der Waals surface area contributed by atoms with Gasteiger partial charge in [0.25, 0.3) is 11.5 Å². The number of carbonyl (C=O) groups is 2. The highest BCUT2D eigenvalue weighted by molar-refractivity contribution is 5.99. The van der Waals surface area contributed by atoms with E-state index in [1.165, 1.54) is 24.1 Å². The SMILES string of the molecule is CC(=O)c1cc(C(=O)N2CCN(Cc3ccccc3C)CC2)c(=O)[nH]c1C. The monoisotopic (exact) mass is 367 g/mol. The van der Waals surface area contributed by atoms with Gasteiger partial charge >= 0.3 is 0 Å². The predicted octanol–water partition coefficient (Wildman–Crippen LogP) is 2.15. The van der Waals surface area contributed by atoms with Gasteiger partial charge in [-0.3, -0.25) is 19.3 Å². The lowest BCUT2D eigenvalue weighted by Crippen LogP contribution is -2.49. The molecule has 1 fully saturated rings. The van der Waals surface area contributed by atoms with Crippen molar-refractivity contribution in [2.45, 2.75) is 27.3 Å². The van der Waals surface area contributed by atoms with Crippen molar-refractivity contribution < 1.29 is 9.59 Å². The summed E-state index contributed by atoms with van der Waals surface area (Å²) in [6.45, 7) is 8.68. The molecular formula is C21H25N3O3. The third kappa shape index (κ3) is 4.17. The maximum atomic E-state index is 12.8. The number of aryl methyl sites for hydroxylation is 2. The highest BCUT2D eigenvalue weighted by Gasteiger charge is 2.25. The first-order valence-corrected chi connectivity index (χ1v) is 9.18. The van der Waals surface area contributed by atoms with Crippen LogP contribution in [0.5, 0.6) is 0 Å². The van der Waals surface area contributed by atoms with E-state index in [1.807, 2.05) is 12.1 Å². The number of benzene rings is 1. The Balaban J connectivity index is 1.69. The average molecular weight is 367 g/mol. The Bertz CT molecular complexity index is 925. The van der Waals surface area contributed by atoms with Crippen molar-refractivity contribution in [1.29, 1.82) is 0 Å². The first-order valence-electron chi connectivity index (χ1n) is 9.18. The molecule has 1 N–H and O–H groups in total. The lowest BCUT2D eigenvalue weighted by atomic mass is 10.1. The van der Waals surface area contributed by atoms with Crippen LogP contribution >= 0.6 is 0 Å². The van der Waals surface area contributed by atoms with Crippen LogP contribution in [0.4, 0.5) is 0 Å². The number of ketones is 1. The van der Waals surface area contributed by atoms with E-state index in [1.54, 1.807) is 11.8 Å². The Morgan fingerprint density at radius 3 is 2.33 bits per heavy atom. The molecule has 0 radical (unpaired) electrons. The van der Waals surface area contributed by atoms with Crippen molar-refractivity contribution in [2.24, 2.45) is 0 Å². The Morgan fingerprint density at radius 2 is 1.70 bits per heavy atom. The quantitative estimate of drug-likeness (QED) is 0.841. The molecule has 2 heterocycles. The van der Waals surface area contributed by atoms with E-state index in [9.17, 15) is 14.4 Å². The molecule has 1 aliphatic heterocycles.